The van der Waals surface area contributed by atoms with Gasteiger partial charge in [-0.25, -0.2) is 0 Å². The average Bonchev–Trinajstić information content (AvgIpc) is 2.38. The summed E-state index contributed by atoms with van der Waals surface area (Å²) < 4.78 is 0. The van der Waals surface area contributed by atoms with Crippen molar-refractivity contribution in [1.82, 2.24) is 0 Å². The van der Waals surface area contributed by atoms with Gasteiger partial charge in [-0.2, -0.15) is 0 Å². The van der Waals surface area contributed by atoms with Crippen molar-refractivity contribution in [2.75, 3.05) is 11.9 Å². The fourth-order valence-electron chi connectivity index (χ4n) is 3.29. The number of hydrogen-bond donors (Lipinski definition) is 1. The summed E-state index contributed by atoms with van der Waals surface area (Å²) in [6, 6.07) is 7.31. The number of anilines is 1. The smallest absolute Gasteiger partial charge is 0.0396 e. The topological polar surface area (TPSA) is 29.3 Å². The van der Waals surface area contributed by atoms with Crippen molar-refractivity contribution in [2.24, 2.45) is 11.7 Å². The summed E-state index contributed by atoms with van der Waals surface area (Å²) in [7, 11) is 2.25. The minimum atomic E-state index is 0.630. The molecule has 2 unspecified atom stereocenters. The van der Waals surface area contributed by atoms with Gasteiger partial charge in [0.15, 0.2) is 0 Å². The van der Waals surface area contributed by atoms with Gasteiger partial charge in [-0.3, -0.25) is 0 Å². The summed E-state index contributed by atoms with van der Waals surface area (Å²) in [5.74, 6) is 0.803. The maximum Gasteiger partial charge on any atom is 0.0396 e. The van der Waals surface area contributed by atoms with Gasteiger partial charge in [-0.1, -0.05) is 31.9 Å². The van der Waals surface area contributed by atoms with Crippen LogP contribution in [-0.2, 0) is 6.54 Å². The molecule has 2 N–H and O–H groups in total. The van der Waals surface area contributed by atoms with Crippen LogP contribution in [0.3, 0.4) is 0 Å². The van der Waals surface area contributed by atoms with Crippen LogP contribution in [0, 0.1) is 12.8 Å². The van der Waals surface area contributed by atoms with E-state index in [1.54, 1.807) is 0 Å². The van der Waals surface area contributed by atoms with Gasteiger partial charge < -0.3 is 10.6 Å². The first-order chi connectivity index (χ1) is 8.63. The molecule has 2 heteroatoms. The Kier molecular flexibility index (Phi) is 4.28. The van der Waals surface area contributed by atoms with Crippen LogP contribution in [0.4, 0.5) is 5.69 Å². The molecule has 0 amide bonds. The van der Waals surface area contributed by atoms with E-state index in [1.165, 1.54) is 42.5 Å². The largest absolute Gasteiger partial charge is 0.371 e. The average molecular weight is 246 g/mol. The van der Waals surface area contributed by atoms with Gasteiger partial charge in [0.05, 0.1) is 0 Å². The number of nitrogens with zero attached hydrogens (tertiary/aromatic N) is 1. The van der Waals surface area contributed by atoms with Crippen molar-refractivity contribution >= 4 is 5.69 Å². The molecule has 0 spiro atoms. The van der Waals surface area contributed by atoms with E-state index in [4.69, 9.17) is 5.73 Å². The fourth-order valence-corrected chi connectivity index (χ4v) is 3.29. The number of nitrogens with two attached hydrogens (primary N) is 1. The van der Waals surface area contributed by atoms with Crippen LogP contribution in [0.2, 0.25) is 0 Å². The molecule has 1 aromatic carbocycles. The summed E-state index contributed by atoms with van der Waals surface area (Å²) >= 11 is 0. The molecule has 2 nitrogen and oxygen atoms in total. The Hall–Kier alpha value is -1.02. The normalized spacial score (nSPS) is 24.0. The summed E-state index contributed by atoms with van der Waals surface area (Å²) in [6.45, 7) is 5.22. The van der Waals surface area contributed by atoms with E-state index in [-0.39, 0.29) is 0 Å². The lowest BCUT2D eigenvalue weighted by molar-refractivity contribution is 0.321. The Balaban J connectivity index is 2.19. The van der Waals surface area contributed by atoms with Crippen LogP contribution in [0.1, 0.15) is 43.7 Å². The van der Waals surface area contributed by atoms with Crippen LogP contribution in [0.25, 0.3) is 0 Å². The molecule has 2 atom stereocenters. The van der Waals surface area contributed by atoms with Gasteiger partial charge in [-0.15, -0.1) is 0 Å². The lowest BCUT2D eigenvalue weighted by Gasteiger charge is -2.38. The lowest BCUT2D eigenvalue weighted by atomic mass is 9.84. The summed E-state index contributed by atoms with van der Waals surface area (Å²) in [6.07, 6.45) is 5.47. The molecule has 0 saturated heterocycles. The molecule has 0 heterocycles. The van der Waals surface area contributed by atoms with Gasteiger partial charge in [-0.05, 0) is 42.9 Å². The van der Waals surface area contributed by atoms with Crippen LogP contribution in [-0.4, -0.2) is 13.1 Å². The Morgan fingerprint density at radius 3 is 2.61 bits per heavy atom. The van der Waals surface area contributed by atoms with Crippen molar-refractivity contribution in [1.29, 1.82) is 0 Å². The van der Waals surface area contributed by atoms with Crippen LogP contribution < -0.4 is 10.6 Å². The summed E-state index contributed by atoms with van der Waals surface area (Å²) in [4.78, 5) is 2.49. The molecular formula is C16H26N2. The first kappa shape index (κ1) is 13.4. The monoisotopic (exact) mass is 246 g/mol. The molecular weight excluding hydrogens is 220 g/mol. The van der Waals surface area contributed by atoms with E-state index in [1.807, 2.05) is 0 Å². The maximum atomic E-state index is 5.70. The zero-order valence-corrected chi connectivity index (χ0v) is 11.9. The molecule has 1 aliphatic carbocycles. The van der Waals surface area contributed by atoms with Crippen molar-refractivity contribution < 1.29 is 0 Å². The van der Waals surface area contributed by atoms with Gasteiger partial charge in [0.1, 0.15) is 0 Å². The minimum Gasteiger partial charge on any atom is -0.371 e. The highest BCUT2D eigenvalue weighted by atomic mass is 15.1. The van der Waals surface area contributed by atoms with Gasteiger partial charge in [0, 0.05) is 25.3 Å². The van der Waals surface area contributed by atoms with Crippen LogP contribution >= 0.6 is 0 Å². The second-order valence-corrected chi connectivity index (χ2v) is 5.76. The highest BCUT2D eigenvalue weighted by molar-refractivity contribution is 5.54. The number of rotatable bonds is 3. The molecule has 0 bridgehead atoms. The minimum absolute atomic E-state index is 0.630. The van der Waals surface area contributed by atoms with Crippen molar-refractivity contribution in [2.45, 2.75) is 52.1 Å². The molecule has 2 rings (SSSR count). The SMILES string of the molecule is Cc1cc(CN)ccc1N(C)C1CCCCC1C. The molecule has 0 aliphatic heterocycles. The highest BCUT2D eigenvalue weighted by Crippen LogP contribution is 2.32. The van der Waals surface area contributed by atoms with Crippen molar-refractivity contribution in [3.8, 4) is 0 Å². The fraction of sp³-hybridized carbons (Fsp3) is 0.625. The Labute approximate surface area is 111 Å². The van der Waals surface area contributed by atoms with E-state index >= 15 is 0 Å². The zero-order chi connectivity index (χ0) is 13.1. The first-order valence-corrected chi connectivity index (χ1v) is 7.16. The second kappa shape index (κ2) is 5.75. The van der Waals surface area contributed by atoms with Gasteiger partial charge >= 0.3 is 0 Å². The third-order valence-electron chi connectivity index (χ3n) is 4.44. The van der Waals surface area contributed by atoms with E-state index < -0.39 is 0 Å². The predicted octanol–water partition coefficient (Wildman–Crippen LogP) is 3.47. The molecule has 0 radical (unpaired) electrons. The number of benzene rings is 1. The number of hydrogen-bond acceptors (Lipinski definition) is 2. The van der Waals surface area contributed by atoms with Crippen LogP contribution in [0.5, 0.6) is 0 Å². The molecule has 100 valence electrons. The number of aryl methyl sites for hydroxylation is 1. The predicted molar refractivity (Wildman–Crippen MR) is 78.9 cm³/mol. The van der Waals surface area contributed by atoms with Gasteiger partial charge in [0.2, 0.25) is 0 Å². The molecule has 1 saturated carbocycles. The van der Waals surface area contributed by atoms with E-state index in [0.29, 0.717) is 12.6 Å². The molecule has 18 heavy (non-hydrogen) atoms. The maximum absolute atomic E-state index is 5.70. The zero-order valence-electron chi connectivity index (χ0n) is 11.9. The Bertz CT molecular complexity index is 400. The standard InChI is InChI=1S/C16H26N2/c1-12-6-4-5-7-15(12)18(3)16-9-8-14(11-17)10-13(16)2/h8-10,12,15H,4-7,11,17H2,1-3H3. The summed E-state index contributed by atoms with van der Waals surface area (Å²) in [5, 5.41) is 0. The van der Waals surface area contributed by atoms with E-state index in [9.17, 15) is 0 Å². The Morgan fingerprint density at radius 1 is 1.28 bits per heavy atom. The van der Waals surface area contributed by atoms with E-state index in [2.05, 4.69) is 44.0 Å². The lowest BCUT2D eigenvalue weighted by Crippen LogP contribution is -2.39. The third kappa shape index (κ3) is 2.69. The van der Waals surface area contributed by atoms with E-state index in [0.717, 1.165) is 5.92 Å². The van der Waals surface area contributed by atoms with Gasteiger partial charge in [0.25, 0.3) is 0 Å². The molecule has 0 aromatic heterocycles. The molecule has 1 aromatic rings. The molecule has 1 fully saturated rings. The quantitative estimate of drug-likeness (QED) is 0.885. The molecule has 1 aliphatic rings. The highest BCUT2D eigenvalue weighted by Gasteiger charge is 2.25. The summed E-state index contributed by atoms with van der Waals surface area (Å²) in [5.41, 5.74) is 9.63. The Morgan fingerprint density at radius 2 is 2.00 bits per heavy atom. The van der Waals surface area contributed by atoms with Crippen LogP contribution in [0.15, 0.2) is 18.2 Å². The third-order valence-corrected chi connectivity index (χ3v) is 4.44. The second-order valence-electron chi connectivity index (χ2n) is 5.76. The first-order valence-electron chi connectivity index (χ1n) is 7.16. The van der Waals surface area contributed by atoms with Crippen molar-refractivity contribution in [3.63, 3.8) is 0 Å². The van der Waals surface area contributed by atoms with Crippen molar-refractivity contribution in [3.05, 3.63) is 29.3 Å².